The van der Waals surface area contributed by atoms with E-state index < -0.39 is 11.5 Å². The van der Waals surface area contributed by atoms with Crippen LogP contribution in [0.3, 0.4) is 0 Å². The molecule has 1 aromatic rings. The predicted molar refractivity (Wildman–Crippen MR) is 85.1 cm³/mol. The van der Waals surface area contributed by atoms with Crippen LogP contribution in [0, 0.1) is 5.41 Å². The molecule has 1 aliphatic rings. The molecule has 1 saturated carbocycles. The minimum absolute atomic E-state index is 0.293. The number of benzene rings is 1. The summed E-state index contributed by atoms with van der Waals surface area (Å²) in [5.41, 5.74) is 12.2. The summed E-state index contributed by atoms with van der Waals surface area (Å²) in [5.74, 6) is -0.505. The van der Waals surface area contributed by atoms with Gasteiger partial charge >= 0.3 is 0 Å². The van der Waals surface area contributed by atoms with Gasteiger partial charge in [-0.2, -0.15) is 0 Å². The Balaban J connectivity index is 2.06. The lowest BCUT2D eigenvalue weighted by molar-refractivity contribution is -0.0145. The lowest BCUT2D eigenvalue weighted by atomic mass is 9.71. The fraction of sp³-hybridized carbons (Fsp3) is 0.562. The number of anilines is 2. The topological polar surface area (TPSA) is 101 Å². The van der Waals surface area contributed by atoms with Crippen molar-refractivity contribution in [3.05, 3.63) is 23.8 Å². The van der Waals surface area contributed by atoms with E-state index in [1.807, 2.05) is 0 Å². The van der Waals surface area contributed by atoms with E-state index in [2.05, 4.69) is 19.2 Å². The third kappa shape index (κ3) is 3.88. The fourth-order valence-corrected chi connectivity index (χ4v) is 2.75. The maximum Gasteiger partial charge on any atom is 0.250 e. The van der Waals surface area contributed by atoms with Crippen LogP contribution in [0.1, 0.15) is 49.9 Å². The van der Waals surface area contributed by atoms with Crippen LogP contribution >= 0.6 is 0 Å². The average Bonchev–Trinajstić information content (AvgIpc) is 2.40. The Morgan fingerprint density at radius 2 is 1.90 bits per heavy atom. The third-order valence-corrected chi connectivity index (χ3v) is 4.45. The second kappa shape index (κ2) is 5.56. The highest BCUT2D eigenvalue weighted by molar-refractivity contribution is 5.99. The highest BCUT2D eigenvalue weighted by Crippen LogP contribution is 2.40. The number of aliphatic hydroxyl groups is 1. The molecule has 1 amide bonds. The summed E-state index contributed by atoms with van der Waals surface area (Å²) < 4.78 is 0. The van der Waals surface area contributed by atoms with Gasteiger partial charge in [0, 0.05) is 17.9 Å². The van der Waals surface area contributed by atoms with Gasteiger partial charge in [0.05, 0.1) is 11.2 Å². The number of nitrogens with two attached hydrogens (primary N) is 2. The molecule has 2 rings (SSSR count). The zero-order chi connectivity index (χ0) is 15.7. The van der Waals surface area contributed by atoms with Crippen LogP contribution in [0.2, 0.25) is 0 Å². The molecule has 1 aromatic carbocycles. The lowest BCUT2D eigenvalue weighted by Gasteiger charge is -2.40. The number of primary amides is 1. The summed E-state index contributed by atoms with van der Waals surface area (Å²) in [6.45, 7) is 4.85. The highest BCUT2D eigenvalue weighted by atomic mass is 16.3. The number of carbonyl (C=O) groups excluding carboxylic acids is 1. The van der Waals surface area contributed by atoms with E-state index in [1.165, 1.54) is 0 Å². The van der Waals surface area contributed by atoms with Gasteiger partial charge < -0.3 is 21.9 Å². The van der Waals surface area contributed by atoms with Gasteiger partial charge in [-0.05, 0) is 49.3 Å². The molecule has 0 saturated heterocycles. The maximum absolute atomic E-state index is 11.4. The molecular formula is C16H25N3O2. The van der Waals surface area contributed by atoms with Crippen molar-refractivity contribution in [1.82, 2.24) is 0 Å². The maximum atomic E-state index is 11.4. The van der Waals surface area contributed by atoms with Crippen molar-refractivity contribution in [3.63, 3.8) is 0 Å². The van der Waals surface area contributed by atoms with Crippen LogP contribution in [-0.4, -0.2) is 23.2 Å². The van der Waals surface area contributed by atoms with Crippen LogP contribution in [0.4, 0.5) is 11.4 Å². The van der Waals surface area contributed by atoms with E-state index in [-0.39, 0.29) is 0 Å². The SMILES string of the molecule is CC1(C)CCC(O)(CNc2cc(N)ccc2C(N)=O)CC1. The van der Waals surface area contributed by atoms with Crippen LogP contribution in [-0.2, 0) is 0 Å². The van der Waals surface area contributed by atoms with Crippen LogP contribution < -0.4 is 16.8 Å². The van der Waals surface area contributed by atoms with Crippen molar-refractivity contribution >= 4 is 17.3 Å². The molecule has 0 bridgehead atoms. The number of amides is 1. The first kappa shape index (κ1) is 15.6. The van der Waals surface area contributed by atoms with Crippen LogP contribution in [0.25, 0.3) is 0 Å². The molecule has 1 fully saturated rings. The summed E-state index contributed by atoms with van der Waals surface area (Å²) in [4.78, 5) is 11.4. The van der Waals surface area contributed by atoms with E-state index >= 15 is 0 Å². The Kier molecular flexibility index (Phi) is 4.14. The van der Waals surface area contributed by atoms with Gasteiger partial charge in [-0.3, -0.25) is 4.79 Å². The second-order valence-electron chi connectivity index (χ2n) is 6.91. The lowest BCUT2D eigenvalue weighted by Crippen LogP contribution is -2.42. The molecule has 6 N–H and O–H groups in total. The highest BCUT2D eigenvalue weighted by Gasteiger charge is 2.36. The Morgan fingerprint density at radius 1 is 1.29 bits per heavy atom. The molecule has 0 radical (unpaired) electrons. The zero-order valence-electron chi connectivity index (χ0n) is 12.8. The molecule has 0 atom stereocenters. The molecule has 0 aromatic heterocycles. The minimum atomic E-state index is -0.741. The van der Waals surface area contributed by atoms with Gasteiger partial charge in [-0.1, -0.05) is 13.8 Å². The molecule has 116 valence electrons. The largest absolute Gasteiger partial charge is 0.399 e. The smallest absolute Gasteiger partial charge is 0.250 e. The third-order valence-electron chi connectivity index (χ3n) is 4.45. The number of hydrogen-bond acceptors (Lipinski definition) is 4. The molecule has 21 heavy (non-hydrogen) atoms. The fourth-order valence-electron chi connectivity index (χ4n) is 2.75. The number of nitrogen functional groups attached to an aromatic ring is 1. The monoisotopic (exact) mass is 291 g/mol. The number of rotatable bonds is 4. The zero-order valence-corrected chi connectivity index (χ0v) is 12.8. The number of hydrogen-bond donors (Lipinski definition) is 4. The molecule has 5 heteroatoms. The van der Waals surface area contributed by atoms with E-state index in [1.54, 1.807) is 18.2 Å². The van der Waals surface area contributed by atoms with Gasteiger partial charge in [0.15, 0.2) is 0 Å². The van der Waals surface area contributed by atoms with Crippen molar-refractivity contribution in [1.29, 1.82) is 0 Å². The molecule has 0 aliphatic heterocycles. The van der Waals surface area contributed by atoms with Crippen molar-refractivity contribution in [2.45, 2.75) is 45.1 Å². The number of carbonyl (C=O) groups is 1. The first-order valence-corrected chi connectivity index (χ1v) is 7.36. The summed E-state index contributed by atoms with van der Waals surface area (Å²) >= 11 is 0. The van der Waals surface area contributed by atoms with Crippen molar-refractivity contribution < 1.29 is 9.90 Å². The molecule has 0 unspecified atom stereocenters. The van der Waals surface area contributed by atoms with Gasteiger partial charge in [0.1, 0.15) is 0 Å². The second-order valence-corrected chi connectivity index (χ2v) is 6.91. The predicted octanol–water partition coefficient (Wildman–Crippen LogP) is 2.11. The van der Waals surface area contributed by atoms with Gasteiger partial charge in [0.25, 0.3) is 5.91 Å². The molecule has 0 heterocycles. The Labute approximate surface area is 125 Å². The van der Waals surface area contributed by atoms with Crippen molar-refractivity contribution in [3.8, 4) is 0 Å². The molecule has 5 nitrogen and oxygen atoms in total. The minimum Gasteiger partial charge on any atom is -0.399 e. The number of nitrogens with one attached hydrogen (secondary N) is 1. The Hall–Kier alpha value is -1.75. The van der Waals surface area contributed by atoms with E-state index in [9.17, 15) is 9.90 Å². The van der Waals surface area contributed by atoms with E-state index in [0.29, 0.717) is 28.9 Å². The molecule has 1 aliphatic carbocycles. The first-order chi connectivity index (χ1) is 9.71. The van der Waals surface area contributed by atoms with Crippen LogP contribution in [0.15, 0.2) is 18.2 Å². The quantitative estimate of drug-likeness (QED) is 0.638. The average molecular weight is 291 g/mol. The summed E-state index contributed by atoms with van der Waals surface area (Å²) in [5, 5.41) is 13.8. The first-order valence-electron chi connectivity index (χ1n) is 7.36. The van der Waals surface area contributed by atoms with E-state index in [4.69, 9.17) is 11.5 Å². The Bertz CT molecular complexity index is 530. The Morgan fingerprint density at radius 3 is 2.48 bits per heavy atom. The summed E-state index contributed by atoms with van der Waals surface area (Å²) in [7, 11) is 0. The van der Waals surface area contributed by atoms with Crippen molar-refractivity contribution in [2.24, 2.45) is 11.1 Å². The van der Waals surface area contributed by atoms with Gasteiger partial charge in [-0.25, -0.2) is 0 Å². The standard InChI is InChI=1S/C16H25N3O2/c1-15(2)5-7-16(21,8-6-15)10-19-13-9-11(17)3-4-12(13)14(18)20/h3-4,9,19,21H,5-8,10,17H2,1-2H3,(H2,18,20). The van der Waals surface area contributed by atoms with Crippen LogP contribution in [0.5, 0.6) is 0 Å². The van der Waals surface area contributed by atoms with Gasteiger partial charge in [-0.15, -0.1) is 0 Å². The summed E-state index contributed by atoms with van der Waals surface area (Å²) in [6.07, 6.45) is 3.48. The van der Waals surface area contributed by atoms with Gasteiger partial charge in [0.2, 0.25) is 0 Å². The normalized spacial score (nSPS) is 20.0. The molecule has 0 spiro atoms. The summed E-state index contributed by atoms with van der Waals surface area (Å²) in [6, 6.07) is 4.92. The van der Waals surface area contributed by atoms with E-state index in [0.717, 1.165) is 25.7 Å². The molecular weight excluding hydrogens is 266 g/mol. The van der Waals surface area contributed by atoms with Crippen molar-refractivity contribution in [2.75, 3.05) is 17.6 Å².